The van der Waals surface area contributed by atoms with Crippen molar-refractivity contribution in [3.8, 4) is 0 Å². The maximum atomic E-state index is 11.9. The number of carboxylic acids is 1. The number of aliphatic carboxylic acids is 1. The van der Waals surface area contributed by atoms with Crippen LogP contribution < -0.4 is 5.32 Å². The molecule has 0 aromatic heterocycles. The number of carboxylic acid groups (broad SMARTS) is 1. The van der Waals surface area contributed by atoms with Gasteiger partial charge in [0.2, 0.25) is 0 Å². The van der Waals surface area contributed by atoms with Gasteiger partial charge in [0.15, 0.2) is 0 Å². The Bertz CT molecular complexity index is 299. The summed E-state index contributed by atoms with van der Waals surface area (Å²) in [5.41, 5.74) is 0. The van der Waals surface area contributed by atoms with Gasteiger partial charge in [-0.15, -0.1) is 0 Å². The summed E-state index contributed by atoms with van der Waals surface area (Å²) in [7, 11) is 0. The van der Waals surface area contributed by atoms with E-state index in [2.05, 4.69) is 5.32 Å². The second kappa shape index (κ2) is 8.02. The van der Waals surface area contributed by atoms with Gasteiger partial charge in [0.05, 0.1) is 0 Å². The summed E-state index contributed by atoms with van der Waals surface area (Å²) >= 11 is 0. The standard InChI is InChI=1S/C14H26N2O3/c1-11(2)16(10-13(17)18)14(19)15-9-8-12-6-4-3-5-7-12/h11-12H,3-10H2,1-2H3,(H,15,19)(H,17,18). The fourth-order valence-electron chi connectivity index (χ4n) is 2.60. The van der Waals surface area contributed by atoms with Gasteiger partial charge in [0.25, 0.3) is 0 Å². The van der Waals surface area contributed by atoms with Gasteiger partial charge in [0, 0.05) is 12.6 Å². The number of nitrogens with zero attached hydrogens (tertiary/aromatic N) is 1. The molecule has 0 saturated heterocycles. The third-order valence-electron chi connectivity index (χ3n) is 3.74. The molecule has 1 fully saturated rings. The molecule has 0 heterocycles. The Morgan fingerprint density at radius 2 is 1.89 bits per heavy atom. The van der Waals surface area contributed by atoms with Crippen LogP contribution in [0.3, 0.4) is 0 Å². The first-order chi connectivity index (χ1) is 9.00. The quantitative estimate of drug-likeness (QED) is 0.779. The van der Waals surface area contributed by atoms with Crippen LogP contribution in [-0.4, -0.2) is 41.1 Å². The SMILES string of the molecule is CC(C)N(CC(=O)O)C(=O)NCCC1CCCCC1. The Balaban J connectivity index is 2.29. The van der Waals surface area contributed by atoms with E-state index in [0.717, 1.165) is 12.3 Å². The highest BCUT2D eigenvalue weighted by Gasteiger charge is 2.20. The van der Waals surface area contributed by atoms with Crippen LogP contribution in [0.4, 0.5) is 4.79 Å². The molecule has 1 aliphatic rings. The molecule has 2 N–H and O–H groups in total. The molecule has 1 rings (SSSR count). The molecule has 0 bridgehead atoms. The lowest BCUT2D eigenvalue weighted by atomic mass is 9.87. The molecule has 0 aromatic rings. The maximum Gasteiger partial charge on any atom is 0.323 e. The average molecular weight is 270 g/mol. The second-order valence-electron chi connectivity index (χ2n) is 5.64. The summed E-state index contributed by atoms with van der Waals surface area (Å²) < 4.78 is 0. The maximum absolute atomic E-state index is 11.9. The molecule has 0 spiro atoms. The van der Waals surface area contributed by atoms with Crippen molar-refractivity contribution in [1.82, 2.24) is 10.2 Å². The molecule has 0 aromatic carbocycles. The molecule has 1 saturated carbocycles. The van der Waals surface area contributed by atoms with E-state index in [9.17, 15) is 9.59 Å². The number of rotatable bonds is 6. The molecule has 2 amide bonds. The predicted molar refractivity (Wildman–Crippen MR) is 74.1 cm³/mol. The summed E-state index contributed by atoms with van der Waals surface area (Å²) in [5.74, 6) is -0.253. The summed E-state index contributed by atoms with van der Waals surface area (Å²) in [6, 6.07) is -0.376. The van der Waals surface area contributed by atoms with E-state index in [1.54, 1.807) is 0 Å². The van der Waals surface area contributed by atoms with Crippen LogP contribution in [-0.2, 0) is 4.79 Å². The van der Waals surface area contributed by atoms with Crippen LogP contribution in [0.1, 0.15) is 52.4 Å². The van der Waals surface area contributed by atoms with Crippen molar-refractivity contribution in [2.75, 3.05) is 13.1 Å². The highest BCUT2D eigenvalue weighted by Crippen LogP contribution is 2.25. The van der Waals surface area contributed by atoms with E-state index in [1.165, 1.54) is 37.0 Å². The summed E-state index contributed by atoms with van der Waals surface area (Å²) in [6.07, 6.45) is 7.47. The number of carbonyl (C=O) groups excluding carboxylic acids is 1. The Kier molecular flexibility index (Phi) is 6.67. The first-order valence-corrected chi connectivity index (χ1v) is 7.27. The minimum absolute atomic E-state index is 0.106. The number of hydrogen-bond acceptors (Lipinski definition) is 2. The predicted octanol–water partition coefficient (Wildman–Crippen LogP) is 2.46. The van der Waals surface area contributed by atoms with E-state index in [0.29, 0.717) is 6.54 Å². The Labute approximate surface area is 115 Å². The Hall–Kier alpha value is -1.26. The van der Waals surface area contributed by atoms with E-state index in [4.69, 9.17) is 5.11 Å². The van der Waals surface area contributed by atoms with Gasteiger partial charge in [-0.25, -0.2) is 4.79 Å². The van der Waals surface area contributed by atoms with Crippen molar-refractivity contribution < 1.29 is 14.7 Å². The number of hydrogen-bond donors (Lipinski definition) is 2. The highest BCUT2D eigenvalue weighted by atomic mass is 16.4. The Morgan fingerprint density at radius 3 is 2.42 bits per heavy atom. The fourth-order valence-corrected chi connectivity index (χ4v) is 2.60. The smallest absolute Gasteiger partial charge is 0.323 e. The number of urea groups is 1. The van der Waals surface area contributed by atoms with E-state index in [-0.39, 0.29) is 18.6 Å². The summed E-state index contributed by atoms with van der Waals surface area (Å²) in [4.78, 5) is 24.0. The minimum Gasteiger partial charge on any atom is -0.480 e. The van der Waals surface area contributed by atoms with Gasteiger partial charge in [-0.3, -0.25) is 4.79 Å². The number of nitrogens with one attached hydrogen (secondary N) is 1. The molecule has 5 nitrogen and oxygen atoms in total. The molecular formula is C14H26N2O3. The molecule has 0 aliphatic heterocycles. The topological polar surface area (TPSA) is 69.6 Å². The molecule has 1 aliphatic carbocycles. The average Bonchev–Trinajstić information content (AvgIpc) is 2.36. The largest absolute Gasteiger partial charge is 0.480 e. The van der Waals surface area contributed by atoms with Gasteiger partial charge in [0.1, 0.15) is 6.54 Å². The van der Waals surface area contributed by atoms with Crippen LogP contribution in [0, 0.1) is 5.92 Å². The lowest BCUT2D eigenvalue weighted by molar-refractivity contribution is -0.138. The van der Waals surface area contributed by atoms with Gasteiger partial charge in [-0.2, -0.15) is 0 Å². The zero-order chi connectivity index (χ0) is 14.3. The lowest BCUT2D eigenvalue weighted by Crippen LogP contribution is -2.46. The Morgan fingerprint density at radius 1 is 1.26 bits per heavy atom. The first-order valence-electron chi connectivity index (χ1n) is 7.27. The summed E-state index contributed by atoms with van der Waals surface area (Å²) in [6.45, 7) is 4.05. The molecular weight excluding hydrogens is 244 g/mol. The van der Waals surface area contributed by atoms with Gasteiger partial charge < -0.3 is 15.3 Å². The summed E-state index contributed by atoms with van der Waals surface area (Å²) in [5, 5.41) is 11.6. The van der Waals surface area contributed by atoms with E-state index in [1.807, 2.05) is 13.8 Å². The first kappa shape index (κ1) is 15.8. The van der Waals surface area contributed by atoms with E-state index < -0.39 is 5.97 Å². The van der Waals surface area contributed by atoms with E-state index >= 15 is 0 Å². The third-order valence-corrected chi connectivity index (χ3v) is 3.74. The lowest BCUT2D eigenvalue weighted by Gasteiger charge is -2.26. The van der Waals surface area contributed by atoms with Crippen LogP contribution in [0.15, 0.2) is 0 Å². The van der Waals surface area contributed by atoms with Crippen molar-refractivity contribution in [3.05, 3.63) is 0 Å². The van der Waals surface area contributed by atoms with Gasteiger partial charge in [-0.1, -0.05) is 32.1 Å². The van der Waals surface area contributed by atoms with Crippen molar-refractivity contribution >= 4 is 12.0 Å². The zero-order valence-corrected chi connectivity index (χ0v) is 12.0. The molecule has 110 valence electrons. The van der Waals surface area contributed by atoms with Crippen molar-refractivity contribution in [1.29, 1.82) is 0 Å². The molecule has 0 atom stereocenters. The fraction of sp³-hybridized carbons (Fsp3) is 0.857. The monoisotopic (exact) mass is 270 g/mol. The van der Waals surface area contributed by atoms with Crippen LogP contribution >= 0.6 is 0 Å². The molecule has 19 heavy (non-hydrogen) atoms. The number of amides is 2. The molecule has 0 radical (unpaired) electrons. The second-order valence-corrected chi connectivity index (χ2v) is 5.64. The van der Waals surface area contributed by atoms with Crippen molar-refractivity contribution in [2.45, 2.75) is 58.4 Å². The normalized spacial score (nSPS) is 16.4. The van der Waals surface area contributed by atoms with Crippen molar-refractivity contribution in [3.63, 3.8) is 0 Å². The minimum atomic E-state index is -0.976. The van der Waals surface area contributed by atoms with Crippen LogP contribution in [0.25, 0.3) is 0 Å². The number of carbonyl (C=O) groups is 2. The van der Waals surface area contributed by atoms with Crippen LogP contribution in [0.5, 0.6) is 0 Å². The molecule has 5 heteroatoms. The van der Waals surface area contributed by atoms with Gasteiger partial charge in [-0.05, 0) is 26.2 Å². The third kappa shape index (κ3) is 5.94. The van der Waals surface area contributed by atoms with Crippen LogP contribution in [0.2, 0.25) is 0 Å². The van der Waals surface area contributed by atoms with Gasteiger partial charge >= 0.3 is 12.0 Å². The van der Waals surface area contributed by atoms with Crippen molar-refractivity contribution in [2.24, 2.45) is 5.92 Å². The zero-order valence-electron chi connectivity index (χ0n) is 12.0. The highest BCUT2D eigenvalue weighted by molar-refractivity contribution is 5.80. The molecule has 0 unspecified atom stereocenters.